The third-order valence-electron chi connectivity index (χ3n) is 3.53. The summed E-state index contributed by atoms with van der Waals surface area (Å²) in [5, 5.41) is 11.4. The molecule has 1 aromatic carbocycles. The second-order valence-corrected chi connectivity index (χ2v) is 4.65. The van der Waals surface area contributed by atoms with E-state index >= 15 is 0 Å². The fourth-order valence-electron chi connectivity index (χ4n) is 2.53. The molecule has 4 heteroatoms. The Hall–Kier alpha value is -2.36. The molecule has 0 spiro atoms. The number of aromatic nitrogens is 2. The average molecular weight is 254 g/mol. The normalized spacial score (nSPS) is 12.9. The van der Waals surface area contributed by atoms with Gasteiger partial charge >= 0.3 is 5.97 Å². The summed E-state index contributed by atoms with van der Waals surface area (Å²) in [6.45, 7) is 1.89. The van der Waals surface area contributed by atoms with Crippen LogP contribution in [0, 0.1) is 0 Å². The van der Waals surface area contributed by atoms with Gasteiger partial charge in [0.05, 0.1) is 5.92 Å². The van der Waals surface area contributed by atoms with Crippen molar-refractivity contribution in [2.45, 2.75) is 19.3 Å². The van der Waals surface area contributed by atoms with Gasteiger partial charge in [0.2, 0.25) is 0 Å². The standard InChI is InChI=1S/C15H14N2O2/c1-2-10(15(18)19)9-3-4-11-12-8-16-6-5-13(12)17-14(11)7-9/h3-8,10,17H,2H2,1H3,(H,18,19). The summed E-state index contributed by atoms with van der Waals surface area (Å²) >= 11 is 0. The van der Waals surface area contributed by atoms with Crippen LogP contribution in [0.25, 0.3) is 21.8 Å². The monoisotopic (exact) mass is 254 g/mol. The quantitative estimate of drug-likeness (QED) is 0.753. The van der Waals surface area contributed by atoms with E-state index in [4.69, 9.17) is 0 Å². The summed E-state index contributed by atoms with van der Waals surface area (Å²) in [4.78, 5) is 18.6. The van der Waals surface area contributed by atoms with Crippen LogP contribution in [0.5, 0.6) is 0 Å². The molecule has 0 amide bonds. The lowest BCUT2D eigenvalue weighted by Crippen LogP contribution is -2.10. The van der Waals surface area contributed by atoms with E-state index in [-0.39, 0.29) is 0 Å². The first kappa shape index (κ1) is 11.7. The Balaban J connectivity index is 2.21. The van der Waals surface area contributed by atoms with Crippen LogP contribution in [-0.2, 0) is 4.79 Å². The Morgan fingerprint density at radius 2 is 2.16 bits per heavy atom. The molecule has 19 heavy (non-hydrogen) atoms. The van der Waals surface area contributed by atoms with Crippen molar-refractivity contribution in [3.63, 3.8) is 0 Å². The number of aliphatic carboxylic acids is 1. The maximum Gasteiger partial charge on any atom is 0.310 e. The van der Waals surface area contributed by atoms with Crippen LogP contribution >= 0.6 is 0 Å². The number of nitrogens with one attached hydrogen (secondary N) is 1. The van der Waals surface area contributed by atoms with Gasteiger partial charge in [0.15, 0.2) is 0 Å². The van der Waals surface area contributed by atoms with Gasteiger partial charge < -0.3 is 10.1 Å². The molecule has 2 N–H and O–H groups in total. The summed E-state index contributed by atoms with van der Waals surface area (Å²) in [7, 11) is 0. The van der Waals surface area contributed by atoms with Gasteiger partial charge in [-0.15, -0.1) is 0 Å². The molecule has 4 nitrogen and oxygen atoms in total. The topological polar surface area (TPSA) is 66.0 Å². The number of H-pyrrole nitrogens is 1. The molecule has 0 saturated heterocycles. The minimum atomic E-state index is -0.778. The maximum atomic E-state index is 11.2. The molecule has 3 aromatic rings. The number of carboxylic acids is 1. The molecule has 0 aliphatic rings. The summed E-state index contributed by atoms with van der Waals surface area (Å²) < 4.78 is 0. The molecule has 96 valence electrons. The molecule has 0 saturated carbocycles. The molecule has 0 fully saturated rings. The van der Waals surface area contributed by atoms with Crippen LogP contribution in [0.3, 0.4) is 0 Å². The molecule has 1 atom stereocenters. The van der Waals surface area contributed by atoms with E-state index in [2.05, 4.69) is 9.97 Å². The van der Waals surface area contributed by atoms with Crippen molar-refractivity contribution >= 4 is 27.8 Å². The molecule has 3 rings (SSSR count). The van der Waals surface area contributed by atoms with Crippen molar-refractivity contribution < 1.29 is 9.90 Å². The van der Waals surface area contributed by atoms with Gasteiger partial charge in [-0.3, -0.25) is 9.78 Å². The van der Waals surface area contributed by atoms with Crippen LogP contribution in [0.2, 0.25) is 0 Å². The zero-order chi connectivity index (χ0) is 13.4. The van der Waals surface area contributed by atoms with E-state index in [0.29, 0.717) is 6.42 Å². The highest BCUT2D eigenvalue weighted by molar-refractivity contribution is 6.07. The highest BCUT2D eigenvalue weighted by Crippen LogP contribution is 2.28. The van der Waals surface area contributed by atoms with Gasteiger partial charge in [-0.2, -0.15) is 0 Å². The first-order valence-corrected chi connectivity index (χ1v) is 6.29. The number of pyridine rings is 1. The summed E-state index contributed by atoms with van der Waals surface area (Å²) in [5.41, 5.74) is 2.81. The molecular weight excluding hydrogens is 240 g/mol. The van der Waals surface area contributed by atoms with Crippen LogP contribution in [0.1, 0.15) is 24.8 Å². The van der Waals surface area contributed by atoms with Crippen LogP contribution < -0.4 is 0 Å². The lowest BCUT2D eigenvalue weighted by Gasteiger charge is -2.09. The Kier molecular flexibility index (Phi) is 2.71. The van der Waals surface area contributed by atoms with Gasteiger partial charge in [-0.1, -0.05) is 19.1 Å². The van der Waals surface area contributed by atoms with Gasteiger partial charge in [0.25, 0.3) is 0 Å². The smallest absolute Gasteiger partial charge is 0.310 e. The van der Waals surface area contributed by atoms with E-state index in [1.165, 1.54) is 0 Å². The third-order valence-corrected chi connectivity index (χ3v) is 3.53. The van der Waals surface area contributed by atoms with Crippen molar-refractivity contribution in [3.8, 4) is 0 Å². The summed E-state index contributed by atoms with van der Waals surface area (Å²) in [5.74, 6) is -1.23. The number of fused-ring (bicyclic) bond motifs is 3. The predicted octanol–water partition coefficient (Wildman–Crippen LogP) is 3.29. The number of carbonyl (C=O) groups is 1. The second-order valence-electron chi connectivity index (χ2n) is 4.65. The summed E-state index contributed by atoms with van der Waals surface area (Å²) in [6, 6.07) is 7.71. The lowest BCUT2D eigenvalue weighted by molar-refractivity contribution is -0.138. The van der Waals surface area contributed by atoms with Crippen molar-refractivity contribution in [2.75, 3.05) is 0 Å². The van der Waals surface area contributed by atoms with Gasteiger partial charge in [-0.05, 0) is 24.1 Å². The van der Waals surface area contributed by atoms with E-state index in [1.54, 1.807) is 6.20 Å². The van der Waals surface area contributed by atoms with Crippen molar-refractivity contribution in [1.29, 1.82) is 0 Å². The molecule has 0 aliphatic heterocycles. The van der Waals surface area contributed by atoms with E-state index in [0.717, 1.165) is 27.4 Å². The molecule has 2 heterocycles. The SMILES string of the molecule is CCC(C(=O)O)c1ccc2c(c1)[nH]c1ccncc12. The van der Waals surface area contributed by atoms with E-state index in [1.807, 2.05) is 37.4 Å². The van der Waals surface area contributed by atoms with E-state index < -0.39 is 11.9 Å². The number of carboxylic acid groups (broad SMARTS) is 1. The number of hydrogen-bond donors (Lipinski definition) is 2. The largest absolute Gasteiger partial charge is 0.481 e. The van der Waals surface area contributed by atoms with Gasteiger partial charge in [-0.25, -0.2) is 0 Å². The number of rotatable bonds is 3. The maximum absolute atomic E-state index is 11.2. The van der Waals surface area contributed by atoms with Crippen LogP contribution in [-0.4, -0.2) is 21.0 Å². The summed E-state index contributed by atoms with van der Waals surface area (Å²) in [6.07, 6.45) is 4.15. The minimum Gasteiger partial charge on any atom is -0.481 e. The van der Waals surface area contributed by atoms with Gasteiger partial charge in [0.1, 0.15) is 0 Å². The first-order chi connectivity index (χ1) is 9.20. The number of hydrogen-bond acceptors (Lipinski definition) is 2. The molecule has 0 radical (unpaired) electrons. The highest BCUT2D eigenvalue weighted by atomic mass is 16.4. The van der Waals surface area contributed by atoms with Crippen LogP contribution in [0.4, 0.5) is 0 Å². The second kappa shape index (κ2) is 4.39. The number of nitrogens with zero attached hydrogens (tertiary/aromatic N) is 1. The van der Waals surface area contributed by atoms with Gasteiger partial charge in [0, 0.05) is 34.2 Å². The Morgan fingerprint density at radius 3 is 2.89 bits per heavy atom. The van der Waals surface area contributed by atoms with Crippen LogP contribution in [0.15, 0.2) is 36.7 Å². The molecule has 0 bridgehead atoms. The molecule has 1 unspecified atom stereocenters. The Morgan fingerprint density at radius 1 is 1.32 bits per heavy atom. The molecule has 0 aliphatic carbocycles. The predicted molar refractivity (Wildman–Crippen MR) is 74.3 cm³/mol. The van der Waals surface area contributed by atoms with Crippen molar-refractivity contribution in [2.24, 2.45) is 0 Å². The fraction of sp³-hybridized carbons (Fsp3) is 0.200. The Labute approximate surface area is 110 Å². The lowest BCUT2D eigenvalue weighted by atomic mass is 9.96. The Bertz CT molecular complexity index is 761. The number of benzene rings is 1. The minimum absolute atomic E-state index is 0.450. The number of aromatic amines is 1. The zero-order valence-corrected chi connectivity index (χ0v) is 10.6. The third kappa shape index (κ3) is 1.85. The first-order valence-electron chi connectivity index (χ1n) is 6.29. The molecular formula is C15H14N2O2. The average Bonchev–Trinajstić information content (AvgIpc) is 2.76. The fourth-order valence-corrected chi connectivity index (χ4v) is 2.53. The van der Waals surface area contributed by atoms with Crippen molar-refractivity contribution in [3.05, 3.63) is 42.2 Å². The zero-order valence-electron chi connectivity index (χ0n) is 10.6. The van der Waals surface area contributed by atoms with Crippen molar-refractivity contribution in [1.82, 2.24) is 9.97 Å². The molecule has 2 aromatic heterocycles. The highest BCUT2D eigenvalue weighted by Gasteiger charge is 2.18. The van der Waals surface area contributed by atoms with E-state index in [9.17, 15) is 9.90 Å².